The van der Waals surface area contributed by atoms with Gasteiger partial charge in [-0.05, 0) is 19.9 Å². The fourth-order valence-corrected chi connectivity index (χ4v) is 1.56. The Morgan fingerprint density at radius 1 is 1.31 bits per heavy atom. The van der Waals surface area contributed by atoms with Gasteiger partial charge in [0.2, 0.25) is 0 Å². The van der Waals surface area contributed by atoms with Crippen LogP contribution >= 0.6 is 11.6 Å². The highest BCUT2D eigenvalue weighted by atomic mass is 35.5. The fraction of sp³-hybridized carbons (Fsp3) is 0.417. The number of hydrogen-bond donors (Lipinski definition) is 0. The molecule has 0 aliphatic carbocycles. The van der Waals surface area contributed by atoms with E-state index in [1.165, 1.54) is 0 Å². The van der Waals surface area contributed by atoms with Crippen LogP contribution in [-0.2, 0) is 9.53 Å². The molecule has 0 radical (unpaired) electrons. The third-order valence-corrected chi connectivity index (χ3v) is 2.40. The molecule has 0 aliphatic rings. The molecule has 0 aliphatic heterocycles. The van der Waals surface area contributed by atoms with Gasteiger partial charge < -0.3 is 9.47 Å². The molecule has 0 spiro atoms. The average Bonchev–Trinajstić information content (AvgIpc) is 2.29. The van der Waals surface area contributed by atoms with Crippen LogP contribution in [0.2, 0.25) is 0 Å². The first-order valence-corrected chi connectivity index (χ1v) is 5.66. The van der Waals surface area contributed by atoms with Crippen molar-refractivity contribution < 1.29 is 14.3 Å². The third kappa shape index (κ3) is 3.14. The van der Waals surface area contributed by atoms with E-state index in [9.17, 15) is 4.79 Å². The molecular formula is C12H15ClO3. The number of rotatable bonds is 5. The van der Waals surface area contributed by atoms with E-state index in [4.69, 9.17) is 21.1 Å². The Morgan fingerprint density at radius 2 is 2.00 bits per heavy atom. The number of hydrogen-bond acceptors (Lipinski definition) is 3. The first-order valence-electron chi connectivity index (χ1n) is 5.23. The number of alkyl halides is 1. The highest BCUT2D eigenvalue weighted by molar-refractivity contribution is 6.30. The molecule has 0 amide bonds. The normalized spacial score (nSPS) is 11.9. The Kier molecular flexibility index (Phi) is 5.12. The van der Waals surface area contributed by atoms with Crippen LogP contribution in [0.1, 0.15) is 24.8 Å². The van der Waals surface area contributed by atoms with Gasteiger partial charge in [0.05, 0.1) is 13.2 Å². The summed E-state index contributed by atoms with van der Waals surface area (Å²) in [5.41, 5.74) is 0.643. The van der Waals surface area contributed by atoms with Crippen molar-refractivity contribution in [2.45, 2.75) is 19.2 Å². The Morgan fingerprint density at radius 3 is 2.62 bits per heavy atom. The molecular weight excluding hydrogens is 228 g/mol. The average molecular weight is 243 g/mol. The minimum Gasteiger partial charge on any atom is -0.494 e. The maximum absolute atomic E-state index is 11.5. The molecule has 1 atom stereocenters. The second-order valence-corrected chi connectivity index (χ2v) is 3.52. The van der Waals surface area contributed by atoms with Gasteiger partial charge in [0, 0.05) is 5.56 Å². The van der Waals surface area contributed by atoms with Crippen molar-refractivity contribution >= 4 is 17.6 Å². The molecule has 16 heavy (non-hydrogen) atoms. The van der Waals surface area contributed by atoms with Crippen LogP contribution in [-0.4, -0.2) is 19.2 Å². The number of esters is 1. The van der Waals surface area contributed by atoms with E-state index >= 15 is 0 Å². The lowest BCUT2D eigenvalue weighted by molar-refractivity contribution is -0.142. The van der Waals surface area contributed by atoms with Crippen molar-refractivity contribution in [3.63, 3.8) is 0 Å². The number of ether oxygens (including phenoxy) is 2. The summed E-state index contributed by atoms with van der Waals surface area (Å²) in [7, 11) is 0. The quantitative estimate of drug-likeness (QED) is 0.588. The third-order valence-electron chi connectivity index (χ3n) is 1.99. The number of halogens is 1. The van der Waals surface area contributed by atoms with Crippen LogP contribution in [0, 0.1) is 0 Å². The van der Waals surface area contributed by atoms with Crippen molar-refractivity contribution in [1.29, 1.82) is 0 Å². The molecule has 3 nitrogen and oxygen atoms in total. The summed E-state index contributed by atoms with van der Waals surface area (Å²) in [5, 5.41) is -0.817. The Labute approximate surface area is 100 Å². The second kappa shape index (κ2) is 6.38. The minimum atomic E-state index is -0.817. The fourth-order valence-electron chi connectivity index (χ4n) is 1.32. The van der Waals surface area contributed by atoms with Crippen LogP contribution < -0.4 is 4.74 Å². The van der Waals surface area contributed by atoms with Gasteiger partial charge in [-0.15, -0.1) is 11.6 Å². The first-order chi connectivity index (χ1) is 7.70. The summed E-state index contributed by atoms with van der Waals surface area (Å²) in [5.74, 6) is 0.175. The summed E-state index contributed by atoms with van der Waals surface area (Å²) in [6.07, 6.45) is 0. The first kappa shape index (κ1) is 12.8. The monoisotopic (exact) mass is 242 g/mol. The van der Waals surface area contributed by atoms with Gasteiger partial charge in [-0.3, -0.25) is 4.79 Å². The minimum absolute atomic E-state index is 0.318. The van der Waals surface area contributed by atoms with Gasteiger partial charge in [0.15, 0.2) is 5.38 Å². The van der Waals surface area contributed by atoms with Crippen LogP contribution in [0.15, 0.2) is 24.3 Å². The van der Waals surface area contributed by atoms with Gasteiger partial charge in [0.25, 0.3) is 0 Å². The predicted molar refractivity (Wildman–Crippen MR) is 62.8 cm³/mol. The molecule has 88 valence electrons. The van der Waals surface area contributed by atoms with Crippen molar-refractivity contribution in [2.75, 3.05) is 13.2 Å². The van der Waals surface area contributed by atoms with Gasteiger partial charge in [-0.2, -0.15) is 0 Å². The standard InChI is InChI=1S/C12H15ClO3/c1-3-15-10-8-6-5-7-9(10)11(13)12(14)16-4-2/h5-8,11H,3-4H2,1-2H3. The highest BCUT2D eigenvalue weighted by Gasteiger charge is 2.22. The summed E-state index contributed by atoms with van der Waals surface area (Å²) in [4.78, 5) is 11.5. The van der Waals surface area contributed by atoms with Gasteiger partial charge in [0.1, 0.15) is 5.75 Å². The second-order valence-electron chi connectivity index (χ2n) is 3.09. The SMILES string of the molecule is CCOC(=O)C(Cl)c1ccccc1OCC. The maximum atomic E-state index is 11.5. The van der Waals surface area contributed by atoms with Crippen LogP contribution in [0.4, 0.5) is 0 Å². The maximum Gasteiger partial charge on any atom is 0.328 e. The van der Waals surface area contributed by atoms with E-state index < -0.39 is 11.3 Å². The van der Waals surface area contributed by atoms with E-state index in [1.807, 2.05) is 19.1 Å². The molecule has 0 N–H and O–H groups in total. The lowest BCUT2D eigenvalue weighted by atomic mass is 10.1. The largest absolute Gasteiger partial charge is 0.494 e. The van der Waals surface area contributed by atoms with Gasteiger partial charge in [-0.1, -0.05) is 18.2 Å². The van der Waals surface area contributed by atoms with Crippen LogP contribution in [0.3, 0.4) is 0 Å². The molecule has 0 heterocycles. The molecule has 1 aromatic carbocycles. The zero-order valence-corrected chi connectivity index (χ0v) is 10.2. The lowest BCUT2D eigenvalue weighted by Gasteiger charge is -2.13. The Bertz CT molecular complexity index is 352. The molecule has 1 unspecified atom stereocenters. The Balaban J connectivity index is 2.89. The molecule has 0 bridgehead atoms. The van der Waals surface area contributed by atoms with E-state index in [0.717, 1.165) is 0 Å². The van der Waals surface area contributed by atoms with Crippen molar-refractivity contribution in [3.05, 3.63) is 29.8 Å². The molecule has 4 heteroatoms. The number of carbonyl (C=O) groups excluding carboxylic acids is 1. The number of carbonyl (C=O) groups is 1. The van der Waals surface area contributed by atoms with E-state index in [2.05, 4.69) is 0 Å². The van der Waals surface area contributed by atoms with Crippen LogP contribution in [0.25, 0.3) is 0 Å². The smallest absolute Gasteiger partial charge is 0.328 e. The van der Waals surface area contributed by atoms with Gasteiger partial charge >= 0.3 is 5.97 Å². The van der Waals surface area contributed by atoms with E-state index in [-0.39, 0.29) is 0 Å². The topological polar surface area (TPSA) is 35.5 Å². The highest BCUT2D eigenvalue weighted by Crippen LogP contribution is 2.30. The van der Waals surface area contributed by atoms with Crippen molar-refractivity contribution in [3.8, 4) is 5.75 Å². The molecule has 0 aromatic heterocycles. The molecule has 0 fully saturated rings. The number of benzene rings is 1. The summed E-state index contributed by atoms with van der Waals surface area (Å²) in [6.45, 7) is 4.47. The van der Waals surface area contributed by atoms with Crippen molar-refractivity contribution in [2.24, 2.45) is 0 Å². The van der Waals surface area contributed by atoms with E-state index in [1.54, 1.807) is 19.1 Å². The molecule has 1 aromatic rings. The summed E-state index contributed by atoms with van der Waals surface area (Å²) < 4.78 is 10.3. The molecule has 0 saturated carbocycles. The zero-order chi connectivity index (χ0) is 12.0. The molecule has 0 saturated heterocycles. The molecule has 1 rings (SSSR count). The van der Waals surface area contributed by atoms with Crippen molar-refractivity contribution in [1.82, 2.24) is 0 Å². The number of para-hydroxylation sites is 1. The van der Waals surface area contributed by atoms with Gasteiger partial charge in [-0.25, -0.2) is 0 Å². The zero-order valence-electron chi connectivity index (χ0n) is 9.40. The van der Waals surface area contributed by atoms with Crippen LogP contribution in [0.5, 0.6) is 5.75 Å². The predicted octanol–water partition coefficient (Wildman–Crippen LogP) is 2.93. The van der Waals surface area contributed by atoms with E-state index in [0.29, 0.717) is 24.5 Å². The summed E-state index contributed by atoms with van der Waals surface area (Å²) in [6, 6.07) is 7.20. The summed E-state index contributed by atoms with van der Waals surface area (Å²) >= 11 is 6.02. The Hall–Kier alpha value is -1.22. The lowest BCUT2D eigenvalue weighted by Crippen LogP contribution is -2.12.